The first-order chi connectivity index (χ1) is 13.5. The van der Waals surface area contributed by atoms with E-state index in [1.165, 1.54) is 5.56 Å². The summed E-state index contributed by atoms with van der Waals surface area (Å²) in [5.74, 6) is 1.82. The average Bonchev–Trinajstić information content (AvgIpc) is 2.72. The Labute approximate surface area is 165 Å². The molecule has 1 aromatic heterocycles. The molecular formula is C20H27N5O3. The van der Waals surface area contributed by atoms with Gasteiger partial charge in [0.05, 0.1) is 14.2 Å². The Kier molecular flexibility index (Phi) is 6.30. The summed E-state index contributed by atoms with van der Waals surface area (Å²) < 4.78 is 10.8. The Morgan fingerprint density at radius 3 is 2.61 bits per heavy atom. The van der Waals surface area contributed by atoms with Crippen LogP contribution in [0.3, 0.4) is 0 Å². The number of fused-ring (bicyclic) bond motifs is 1. The highest BCUT2D eigenvalue weighted by Crippen LogP contribution is 2.33. The molecule has 0 fully saturated rings. The van der Waals surface area contributed by atoms with Gasteiger partial charge in [0.15, 0.2) is 11.5 Å². The van der Waals surface area contributed by atoms with Crippen LogP contribution in [0.25, 0.3) is 0 Å². The largest absolute Gasteiger partial charge is 0.493 e. The maximum Gasteiger partial charge on any atom is 0.270 e. The summed E-state index contributed by atoms with van der Waals surface area (Å²) in [6.07, 6.45) is 2.48. The second kappa shape index (κ2) is 8.88. The van der Waals surface area contributed by atoms with E-state index in [2.05, 4.69) is 20.2 Å². The van der Waals surface area contributed by atoms with Gasteiger partial charge < -0.3 is 24.6 Å². The number of methoxy groups -OCH3 is 2. The predicted octanol–water partition coefficient (Wildman–Crippen LogP) is 1.35. The van der Waals surface area contributed by atoms with Crippen LogP contribution in [0.15, 0.2) is 24.4 Å². The molecule has 0 saturated heterocycles. The van der Waals surface area contributed by atoms with E-state index in [-0.39, 0.29) is 5.91 Å². The van der Waals surface area contributed by atoms with Crippen molar-refractivity contribution in [3.05, 3.63) is 41.2 Å². The third-order valence-electron chi connectivity index (χ3n) is 4.72. The molecule has 0 bridgehead atoms. The summed E-state index contributed by atoms with van der Waals surface area (Å²) in [4.78, 5) is 25.3. The lowest BCUT2D eigenvalue weighted by Crippen LogP contribution is -2.34. The molecule has 2 heterocycles. The SMILES string of the molecule is COc1cc2c(cc1OC)CN(c1nccc(C(=O)NCCN(C)C)n1)CC2. The molecule has 28 heavy (non-hydrogen) atoms. The molecule has 1 N–H and O–H groups in total. The first kappa shape index (κ1) is 19.9. The molecule has 1 aliphatic heterocycles. The lowest BCUT2D eigenvalue weighted by atomic mass is 9.99. The molecule has 150 valence electrons. The van der Waals surface area contributed by atoms with Crippen molar-refractivity contribution < 1.29 is 14.3 Å². The van der Waals surface area contributed by atoms with E-state index in [1.54, 1.807) is 26.5 Å². The van der Waals surface area contributed by atoms with Crippen molar-refractivity contribution in [2.24, 2.45) is 0 Å². The number of benzene rings is 1. The first-order valence-corrected chi connectivity index (χ1v) is 9.26. The molecule has 1 aliphatic rings. The number of likely N-dealkylation sites (N-methyl/N-ethyl adjacent to an activating group) is 1. The predicted molar refractivity (Wildman–Crippen MR) is 107 cm³/mol. The van der Waals surface area contributed by atoms with E-state index in [1.807, 2.05) is 31.1 Å². The summed E-state index contributed by atoms with van der Waals surface area (Å²) in [5, 5.41) is 2.88. The van der Waals surface area contributed by atoms with Crippen LogP contribution in [0.2, 0.25) is 0 Å². The molecule has 0 radical (unpaired) electrons. The zero-order chi connectivity index (χ0) is 20.1. The summed E-state index contributed by atoms with van der Waals surface area (Å²) in [6, 6.07) is 5.67. The van der Waals surface area contributed by atoms with Crippen molar-refractivity contribution >= 4 is 11.9 Å². The highest BCUT2D eigenvalue weighted by atomic mass is 16.5. The third-order valence-corrected chi connectivity index (χ3v) is 4.72. The zero-order valence-corrected chi connectivity index (χ0v) is 16.9. The van der Waals surface area contributed by atoms with Crippen LogP contribution >= 0.6 is 0 Å². The fourth-order valence-corrected chi connectivity index (χ4v) is 3.16. The molecule has 1 aromatic carbocycles. The minimum atomic E-state index is -0.186. The Balaban J connectivity index is 1.74. The Morgan fingerprint density at radius 2 is 1.93 bits per heavy atom. The number of aromatic nitrogens is 2. The smallest absolute Gasteiger partial charge is 0.270 e. The van der Waals surface area contributed by atoms with Crippen molar-refractivity contribution in [2.45, 2.75) is 13.0 Å². The van der Waals surface area contributed by atoms with Gasteiger partial charge in [-0.25, -0.2) is 9.97 Å². The van der Waals surface area contributed by atoms with Crippen LogP contribution in [0.5, 0.6) is 11.5 Å². The summed E-state index contributed by atoms with van der Waals surface area (Å²) >= 11 is 0. The number of nitrogens with one attached hydrogen (secondary N) is 1. The minimum Gasteiger partial charge on any atom is -0.493 e. The Bertz CT molecular complexity index is 841. The van der Waals surface area contributed by atoms with E-state index in [4.69, 9.17) is 9.47 Å². The summed E-state index contributed by atoms with van der Waals surface area (Å²) in [5.41, 5.74) is 2.75. The van der Waals surface area contributed by atoms with Crippen molar-refractivity contribution in [1.82, 2.24) is 20.2 Å². The number of amides is 1. The topological polar surface area (TPSA) is 79.8 Å². The monoisotopic (exact) mass is 385 g/mol. The standard InChI is InChI=1S/C20H27N5O3/c1-24(2)10-8-21-19(26)16-5-7-22-20(23-16)25-9-6-14-11-17(27-3)18(28-4)12-15(14)13-25/h5,7,11-12H,6,8-10,13H2,1-4H3,(H,21,26). The van der Waals surface area contributed by atoms with Crippen LogP contribution in [0.4, 0.5) is 5.95 Å². The maximum absolute atomic E-state index is 12.3. The number of nitrogens with zero attached hydrogens (tertiary/aromatic N) is 4. The van der Waals surface area contributed by atoms with Crippen LogP contribution in [0, 0.1) is 0 Å². The number of carbonyl (C=O) groups excluding carboxylic acids is 1. The molecule has 3 rings (SSSR count). The molecule has 2 aromatic rings. The van der Waals surface area contributed by atoms with Crippen molar-refractivity contribution in [3.8, 4) is 11.5 Å². The number of hydrogen-bond acceptors (Lipinski definition) is 7. The second-order valence-corrected chi connectivity index (χ2v) is 6.95. The highest BCUT2D eigenvalue weighted by molar-refractivity contribution is 5.92. The van der Waals surface area contributed by atoms with E-state index < -0.39 is 0 Å². The van der Waals surface area contributed by atoms with E-state index in [9.17, 15) is 4.79 Å². The van der Waals surface area contributed by atoms with Crippen LogP contribution < -0.4 is 19.7 Å². The van der Waals surface area contributed by atoms with Gasteiger partial charge in [-0.3, -0.25) is 4.79 Å². The zero-order valence-electron chi connectivity index (χ0n) is 16.9. The molecule has 8 heteroatoms. The van der Waals surface area contributed by atoms with E-state index in [0.717, 1.165) is 30.8 Å². The van der Waals surface area contributed by atoms with Gasteiger partial charge in [0.1, 0.15) is 5.69 Å². The maximum atomic E-state index is 12.3. The molecular weight excluding hydrogens is 358 g/mol. The molecule has 0 unspecified atom stereocenters. The van der Waals surface area contributed by atoms with Crippen LogP contribution in [-0.4, -0.2) is 68.7 Å². The lowest BCUT2D eigenvalue weighted by Gasteiger charge is -2.29. The third kappa shape index (κ3) is 4.51. The van der Waals surface area contributed by atoms with Gasteiger partial charge in [0.25, 0.3) is 5.91 Å². The molecule has 1 amide bonds. The number of hydrogen-bond donors (Lipinski definition) is 1. The normalized spacial score (nSPS) is 13.2. The van der Waals surface area contributed by atoms with E-state index >= 15 is 0 Å². The van der Waals surface area contributed by atoms with Crippen molar-refractivity contribution in [2.75, 3.05) is 52.8 Å². The number of rotatable bonds is 7. The Hall–Kier alpha value is -2.87. The van der Waals surface area contributed by atoms with Gasteiger partial charge >= 0.3 is 0 Å². The molecule has 0 aliphatic carbocycles. The first-order valence-electron chi connectivity index (χ1n) is 9.26. The molecule has 0 saturated carbocycles. The van der Waals surface area contributed by atoms with Gasteiger partial charge in [0, 0.05) is 32.4 Å². The van der Waals surface area contributed by atoms with E-state index in [0.29, 0.717) is 30.5 Å². The van der Waals surface area contributed by atoms with Crippen molar-refractivity contribution in [3.63, 3.8) is 0 Å². The van der Waals surface area contributed by atoms with Gasteiger partial charge in [-0.1, -0.05) is 0 Å². The number of ether oxygens (including phenoxy) is 2. The Morgan fingerprint density at radius 1 is 1.21 bits per heavy atom. The van der Waals surface area contributed by atoms with Gasteiger partial charge in [-0.2, -0.15) is 0 Å². The van der Waals surface area contributed by atoms with Crippen molar-refractivity contribution in [1.29, 1.82) is 0 Å². The van der Waals surface area contributed by atoms with Crippen LogP contribution in [-0.2, 0) is 13.0 Å². The molecule has 0 atom stereocenters. The fourth-order valence-electron chi connectivity index (χ4n) is 3.16. The minimum absolute atomic E-state index is 0.186. The number of anilines is 1. The second-order valence-electron chi connectivity index (χ2n) is 6.95. The van der Waals surface area contributed by atoms with Gasteiger partial charge in [0.2, 0.25) is 5.95 Å². The van der Waals surface area contributed by atoms with Gasteiger partial charge in [-0.15, -0.1) is 0 Å². The molecule has 0 spiro atoms. The highest BCUT2D eigenvalue weighted by Gasteiger charge is 2.22. The fraction of sp³-hybridized carbons (Fsp3) is 0.450. The average molecular weight is 385 g/mol. The molecule has 8 nitrogen and oxygen atoms in total. The number of carbonyl (C=O) groups is 1. The van der Waals surface area contributed by atoms with Crippen LogP contribution in [0.1, 0.15) is 21.6 Å². The summed E-state index contributed by atoms with van der Waals surface area (Å²) in [7, 11) is 7.20. The summed E-state index contributed by atoms with van der Waals surface area (Å²) in [6.45, 7) is 2.78. The quantitative estimate of drug-likeness (QED) is 0.771. The van der Waals surface area contributed by atoms with Gasteiger partial charge in [-0.05, 0) is 49.8 Å². The lowest BCUT2D eigenvalue weighted by molar-refractivity contribution is 0.0946.